The van der Waals surface area contributed by atoms with Crippen molar-refractivity contribution in [3.05, 3.63) is 24.4 Å². The minimum atomic E-state index is -1.43. The second-order valence-corrected chi connectivity index (χ2v) is 17.5. The summed E-state index contributed by atoms with van der Waals surface area (Å²) >= 11 is 0. The molecule has 3 aliphatic carbocycles. The molecule has 3 saturated carbocycles. The number of fused-ring (bicyclic) bond motifs is 1. The highest BCUT2D eigenvalue weighted by Gasteiger charge is 2.70. The van der Waals surface area contributed by atoms with Crippen LogP contribution < -0.4 is 21.7 Å². The first kappa shape index (κ1) is 35.9. The Balaban J connectivity index is 1.33. The maximum Gasteiger partial charge on any atom is 0.315 e. The van der Waals surface area contributed by atoms with Gasteiger partial charge >= 0.3 is 6.03 Å². The van der Waals surface area contributed by atoms with Crippen molar-refractivity contribution in [2.75, 3.05) is 12.3 Å². The van der Waals surface area contributed by atoms with Gasteiger partial charge in [-0.1, -0.05) is 79.2 Å². The van der Waals surface area contributed by atoms with Crippen molar-refractivity contribution in [2.45, 2.75) is 121 Å². The normalized spacial score (nSPS) is 26.2. The molecule has 5 unspecified atom stereocenters. The lowest BCUT2D eigenvalue weighted by molar-refractivity contribution is -0.145. The fourth-order valence-electron chi connectivity index (χ4n) is 8.10. The second kappa shape index (κ2) is 13.9. The Bertz CT molecular complexity index is 1430. The summed E-state index contributed by atoms with van der Waals surface area (Å²) in [4.78, 5) is 72.6. The molecule has 5 N–H and O–H groups in total. The Kier molecular flexibility index (Phi) is 10.4. The number of pyridine rings is 1. The summed E-state index contributed by atoms with van der Waals surface area (Å²) in [6.07, 6.45) is 8.92. The van der Waals surface area contributed by atoms with Gasteiger partial charge in [0.1, 0.15) is 17.1 Å². The van der Waals surface area contributed by atoms with Crippen LogP contribution in [0, 0.1) is 28.6 Å². The van der Waals surface area contributed by atoms with Gasteiger partial charge in [0, 0.05) is 12.7 Å². The minimum Gasteiger partial charge on any atom is -0.363 e. The summed E-state index contributed by atoms with van der Waals surface area (Å²) in [5.41, 5.74) is 3.72. The van der Waals surface area contributed by atoms with Crippen LogP contribution in [0.15, 0.2) is 29.4 Å². The number of nitrogens with zero attached hydrogens (tertiary/aromatic N) is 2. The van der Waals surface area contributed by atoms with E-state index in [1.165, 1.54) is 0 Å². The van der Waals surface area contributed by atoms with Gasteiger partial charge in [-0.05, 0) is 60.0 Å². The third kappa shape index (κ3) is 7.60. The number of nitrogens with one attached hydrogen (secondary N) is 3. The highest BCUT2D eigenvalue weighted by atomic mass is 32.2. The number of piperidine rings is 1. The molecule has 2 heterocycles. The predicted molar refractivity (Wildman–Crippen MR) is 181 cm³/mol. The maximum atomic E-state index is 14.4. The van der Waals surface area contributed by atoms with Crippen molar-refractivity contribution < 1.29 is 28.2 Å². The molecule has 6 atom stereocenters. The van der Waals surface area contributed by atoms with Crippen molar-refractivity contribution in [3.63, 3.8) is 0 Å². The van der Waals surface area contributed by atoms with Crippen LogP contribution in [0.25, 0.3) is 0 Å². The number of carbonyl (C=O) groups excluding carboxylic acids is 5. The molecule has 12 nitrogen and oxygen atoms in total. The van der Waals surface area contributed by atoms with Crippen molar-refractivity contribution in [3.8, 4) is 0 Å². The summed E-state index contributed by atoms with van der Waals surface area (Å²) in [7, 11) is -1.43. The Labute approximate surface area is 286 Å². The summed E-state index contributed by atoms with van der Waals surface area (Å²) in [6, 6.07) is 1.87. The molecule has 264 valence electrons. The first-order valence-corrected chi connectivity index (χ1v) is 18.7. The summed E-state index contributed by atoms with van der Waals surface area (Å²) in [6.45, 7) is 10.1. The number of primary amides is 1. The van der Waals surface area contributed by atoms with Gasteiger partial charge in [-0.2, -0.15) is 0 Å². The number of hydrogen-bond donors (Lipinski definition) is 4. The van der Waals surface area contributed by atoms with E-state index in [9.17, 15) is 28.2 Å². The molecular formula is C35H52N6O6S. The van der Waals surface area contributed by atoms with Gasteiger partial charge in [-0.3, -0.25) is 23.4 Å². The number of hydrogen-bond acceptors (Lipinski definition) is 7. The number of amides is 5. The van der Waals surface area contributed by atoms with E-state index in [0.29, 0.717) is 30.8 Å². The first-order chi connectivity index (χ1) is 22.5. The molecule has 48 heavy (non-hydrogen) atoms. The highest BCUT2D eigenvalue weighted by molar-refractivity contribution is 7.85. The largest absolute Gasteiger partial charge is 0.363 e. The summed E-state index contributed by atoms with van der Waals surface area (Å²) in [5, 5.41) is 9.33. The number of likely N-dealkylation sites (tertiary alicyclic amines) is 1. The lowest BCUT2D eigenvalue weighted by atomic mass is 9.80. The molecule has 13 heteroatoms. The molecular weight excluding hydrogens is 632 g/mol. The van der Waals surface area contributed by atoms with Crippen LogP contribution in [-0.2, 0) is 30.0 Å². The van der Waals surface area contributed by atoms with Crippen molar-refractivity contribution in [1.82, 2.24) is 25.8 Å². The highest BCUT2D eigenvalue weighted by Crippen LogP contribution is 2.65. The van der Waals surface area contributed by atoms with E-state index in [1.807, 2.05) is 20.8 Å². The molecule has 1 aliphatic heterocycles. The lowest BCUT2D eigenvalue weighted by Crippen LogP contribution is -2.63. The number of urea groups is 1. The minimum absolute atomic E-state index is 0.0793. The first-order valence-electron chi connectivity index (χ1n) is 17.4. The number of aromatic nitrogens is 1. The van der Waals surface area contributed by atoms with Gasteiger partial charge in [-0.15, -0.1) is 0 Å². The van der Waals surface area contributed by atoms with E-state index in [-0.39, 0.29) is 34.8 Å². The number of carbonyl (C=O) groups is 5. The van der Waals surface area contributed by atoms with E-state index in [2.05, 4.69) is 34.8 Å². The second-order valence-electron chi connectivity index (χ2n) is 16.1. The average Bonchev–Trinajstić information content (AvgIpc) is 3.32. The van der Waals surface area contributed by atoms with Crippen LogP contribution >= 0.6 is 0 Å². The van der Waals surface area contributed by atoms with Crippen LogP contribution in [0.2, 0.25) is 0 Å². The Morgan fingerprint density at radius 3 is 2.29 bits per heavy atom. The number of Topliss-reactive ketones (excluding diaryl/α,β-unsaturated/α-hetero) is 1. The zero-order chi connectivity index (χ0) is 35.0. The third-order valence-electron chi connectivity index (χ3n) is 11.3. The quantitative estimate of drug-likeness (QED) is 0.244. The van der Waals surface area contributed by atoms with Crippen LogP contribution in [0.5, 0.6) is 0 Å². The van der Waals surface area contributed by atoms with Crippen LogP contribution in [-0.4, -0.2) is 79.6 Å². The molecule has 5 amide bonds. The Hall–Kier alpha value is -3.35. The standard InChI is InChI=1S/C35H52N6O6S/c1-33(2,3)28(39-32(46)40-35(15-8-6-9-16-35)20-48(47)24-14-7-10-17-37-24)31(45)41-19-22-25(34(22,4)5)26(41)30(44)38-23(27(42)29(36)43)18-21-12-11-13-21/h7,10,14,17,21-23,25-26,28H,6,8-9,11-13,15-16,18-20H2,1-5H3,(H2,36,43)(H,38,44)(H2,39,40,46)/t22?,23?,25?,26?,28-,48?/m1/s1. The van der Waals surface area contributed by atoms with E-state index >= 15 is 0 Å². The van der Waals surface area contributed by atoms with Gasteiger partial charge in [0.15, 0.2) is 0 Å². The zero-order valence-electron chi connectivity index (χ0n) is 28.9. The van der Waals surface area contributed by atoms with Gasteiger partial charge < -0.3 is 26.6 Å². The summed E-state index contributed by atoms with van der Waals surface area (Å²) in [5.74, 6) is -2.39. The van der Waals surface area contributed by atoms with E-state index in [0.717, 1.165) is 38.5 Å². The predicted octanol–water partition coefficient (Wildman–Crippen LogP) is 2.82. The lowest BCUT2D eigenvalue weighted by Gasteiger charge is -2.40. The third-order valence-corrected chi connectivity index (χ3v) is 12.8. The van der Waals surface area contributed by atoms with Gasteiger partial charge in [-0.25, -0.2) is 9.78 Å². The number of rotatable bonds is 12. The number of nitrogens with two attached hydrogens (primary N) is 1. The van der Waals surface area contributed by atoms with Crippen molar-refractivity contribution >= 4 is 40.3 Å². The molecule has 1 aromatic heterocycles. The maximum absolute atomic E-state index is 14.4. The molecule has 0 spiro atoms. The molecule has 1 aromatic rings. The van der Waals surface area contributed by atoms with Gasteiger partial charge in [0.2, 0.25) is 17.6 Å². The van der Waals surface area contributed by atoms with Crippen molar-refractivity contribution in [2.24, 2.45) is 34.3 Å². The molecule has 1 saturated heterocycles. The summed E-state index contributed by atoms with van der Waals surface area (Å²) < 4.78 is 13.3. The smallest absolute Gasteiger partial charge is 0.315 e. The molecule has 4 fully saturated rings. The van der Waals surface area contributed by atoms with E-state index in [4.69, 9.17) is 5.73 Å². The fourth-order valence-corrected chi connectivity index (χ4v) is 9.52. The molecule has 4 aliphatic rings. The van der Waals surface area contributed by atoms with E-state index < -0.39 is 63.5 Å². The zero-order valence-corrected chi connectivity index (χ0v) is 29.7. The Morgan fingerprint density at radius 2 is 1.73 bits per heavy atom. The monoisotopic (exact) mass is 684 g/mol. The van der Waals surface area contributed by atoms with Crippen LogP contribution in [0.3, 0.4) is 0 Å². The molecule has 0 aromatic carbocycles. The van der Waals surface area contributed by atoms with Gasteiger partial charge in [0.25, 0.3) is 5.91 Å². The number of ketones is 1. The van der Waals surface area contributed by atoms with Crippen LogP contribution in [0.1, 0.15) is 92.4 Å². The van der Waals surface area contributed by atoms with Crippen LogP contribution in [0.4, 0.5) is 4.79 Å². The average molecular weight is 685 g/mol. The van der Waals surface area contributed by atoms with Gasteiger partial charge in [0.05, 0.1) is 28.1 Å². The molecule has 5 rings (SSSR count). The molecule has 0 radical (unpaired) electrons. The SMILES string of the molecule is CC1(C)C2CN(C(=O)[C@@H](NC(=O)NC3(CS(=O)c4ccccn4)CCCCC3)C(C)(C)C)C(C(=O)NC(CC3CCC3)C(=O)C(N)=O)C21. The van der Waals surface area contributed by atoms with E-state index in [1.54, 1.807) is 29.3 Å². The molecule has 0 bridgehead atoms. The fraction of sp³-hybridized carbons (Fsp3) is 0.714. The Morgan fingerprint density at radius 1 is 1.04 bits per heavy atom. The van der Waals surface area contributed by atoms with Crippen molar-refractivity contribution in [1.29, 1.82) is 0 Å². The topological polar surface area (TPSA) is 181 Å².